The summed E-state index contributed by atoms with van der Waals surface area (Å²) in [5, 5.41) is 29.4. The molecule has 0 aromatic carbocycles. The Morgan fingerprint density at radius 3 is 2.81 bits per heavy atom. The van der Waals surface area contributed by atoms with Crippen molar-refractivity contribution in [1.29, 1.82) is 0 Å². The standard InChI is InChI=1S/C14H15N5OS/c1-10-4-6-19(18-10)14-3-2-13(16-17-14)15-8-12(20)11-5-7-21-9-11/h2-7,9,12,20H,8H2,1H3,(H,15,16). The lowest BCUT2D eigenvalue weighted by molar-refractivity contribution is 0.192. The third-order valence-electron chi connectivity index (χ3n) is 3.01. The van der Waals surface area contributed by atoms with Gasteiger partial charge in [-0.25, -0.2) is 4.68 Å². The van der Waals surface area contributed by atoms with Gasteiger partial charge in [0.15, 0.2) is 5.82 Å². The zero-order valence-electron chi connectivity index (χ0n) is 11.5. The fraction of sp³-hybridized carbons (Fsp3) is 0.214. The summed E-state index contributed by atoms with van der Waals surface area (Å²) in [5.74, 6) is 1.28. The van der Waals surface area contributed by atoms with Crippen LogP contribution in [0.5, 0.6) is 0 Å². The van der Waals surface area contributed by atoms with Gasteiger partial charge in [-0.3, -0.25) is 0 Å². The molecule has 2 N–H and O–H groups in total. The van der Waals surface area contributed by atoms with Crippen LogP contribution in [0.25, 0.3) is 5.82 Å². The molecule has 1 atom stereocenters. The van der Waals surface area contributed by atoms with Gasteiger partial charge in [-0.2, -0.15) is 16.4 Å². The molecule has 0 saturated heterocycles. The van der Waals surface area contributed by atoms with Gasteiger partial charge in [0.05, 0.1) is 11.8 Å². The number of anilines is 1. The third-order valence-corrected chi connectivity index (χ3v) is 3.71. The number of aliphatic hydroxyl groups is 1. The Kier molecular flexibility index (Phi) is 3.94. The van der Waals surface area contributed by atoms with Gasteiger partial charge < -0.3 is 10.4 Å². The molecule has 0 saturated carbocycles. The second-order valence-electron chi connectivity index (χ2n) is 4.63. The number of aromatic nitrogens is 4. The Morgan fingerprint density at radius 2 is 2.19 bits per heavy atom. The van der Waals surface area contributed by atoms with Gasteiger partial charge in [-0.05, 0) is 47.5 Å². The predicted molar refractivity (Wildman–Crippen MR) is 81.7 cm³/mol. The number of aliphatic hydroxyl groups excluding tert-OH is 1. The number of rotatable bonds is 5. The number of nitrogens with one attached hydrogen (secondary N) is 1. The van der Waals surface area contributed by atoms with E-state index in [-0.39, 0.29) is 0 Å². The molecule has 0 aliphatic carbocycles. The van der Waals surface area contributed by atoms with Gasteiger partial charge in [0.2, 0.25) is 0 Å². The number of thiophene rings is 1. The van der Waals surface area contributed by atoms with Crippen molar-refractivity contribution >= 4 is 17.2 Å². The summed E-state index contributed by atoms with van der Waals surface area (Å²) in [5.41, 5.74) is 1.84. The number of hydrogen-bond donors (Lipinski definition) is 2. The summed E-state index contributed by atoms with van der Waals surface area (Å²) in [6.07, 6.45) is 1.29. The van der Waals surface area contributed by atoms with Gasteiger partial charge in [0, 0.05) is 12.7 Å². The van der Waals surface area contributed by atoms with Crippen LogP contribution in [0.15, 0.2) is 41.2 Å². The molecular weight excluding hydrogens is 286 g/mol. The summed E-state index contributed by atoms with van der Waals surface area (Å²) < 4.78 is 1.67. The first-order valence-corrected chi connectivity index (χ1v) is 7.47. The van der Waals surface area contributed by atoms with Gasteiger partial charge in [-0.15, -0.1) is 10.2 Å². The first-order chi connectivity index (χ1) is 10.2. The maximum atomic E-state index is 9.99. The van der Waals surface area contributed by atoms with E-state index in [4.69, 9.17) is 0 Å². The van der Waals surface area contributed by atoms with Crippen molar-refractivity contribution in [1.82, 2.24) is 20.0 Å². The summed E-state index contributed by atoms with van der Waals surface area (Å²) in [6, 6.07) is 7.47. The Labute approximate surface area is 126 Å². The normalized spacial score (nSPS) is 12.3. The molecule has 108 valence electrons. The highest BCUT2D eigenvalue weighted by atomic mass is 32.1. The maximum Gasteiger partial charge on any atom is 0.175 e. The zero-order valence-corrected chi connectivity index (χ0v) is 12.3. The molecule has 3 aromatic rings. The lowest BCUT2D eigenvalue weighted by Gasteiger charge is -2.10. The summed E-state index contributed by atoms with van der Waals surface area (Å²) in [6.45, 7) is 2.32. The Hall–Kier alpha value is -2.25. The molecule has 0 aliphatic heterocycles. The van der Waals surface area contributed by atoms with Crippen LogP contribution in [-0.2, 0) is 0 Å². The van der Waals surface area contributed by atoms with E-state index in [2.05, 4.69) is 20.6 Å². The van der Waals surface area contributed by atoms with Crippen molar-refractivity contribution in [2.24, 2.45) is 0 Å². The van der Waals surface area contributed by atoms with Crippen LogP contribution in [0.3, 0.4) is 0 Å². The van der Waals surface area contributed by atoms with E-state index in [0.29, 0.717) is 18.2 Å². The van der Waals surface area contributed by atoms with Crippen molar-refractivity contribution in [2.45, 2.75) is 13.0 Å². The highest BCUT2D eigenvalue weighted by molar-refractivity contribution is 7.07. The minimum absolute atomic E-state index is 0.394. The third kappa shape index (κ3) is 3.26. The summed E-state index contributed by atoms with van der Waals surface area (Å²) in [7, 11) is 0. The van der Waals surface area contributed by atoms with E-state index in [1.807, 2.05) is 48.1 Å². The van der Waals surface area contributed by atoms with Crippen LogP contribution in [-0.4, -0.2) is 31.6 Å². The quantitative estimate of drug-likeness (QED) is 0.755. The van der Waals surface area contributed by atoms with E-state index in [1.54, 1.807) is 16.0 Å². The fourth-order valence-corrected chi connectivity index (χ4v) is 2.58. The highest BCUT2D eigenvalue weighted by Crippen LogP contribution is 2.16. The Bertz CT molecular complexity index is 692. The Morgan fingerprint density at radius 1 is 1.29 bits per heavy atom. The van der Waals surface area contributed by atoms with E-state index < -0.39 is 6.10 Å². The second-order valence-corrected chi connectivity index (χ2v) is 5.41. The van der Waals surface area contributed by atoms with E-state index >= 15 is 0 Å². The largest absolute Gasteiger partial charge is 0.387 e. The molecule has 0 aliphatic rings. The monoisotopic (exact) mass is 301 g/mol. The predicted octanol–water partition coefficient (Wildman–Crippen LogP) is 2.18. The van der Waals surface area contributed by atoms with E-state index in [1.165, 1.54) is 0 Å². The molecule has 1 unspecified atom stereocenters. The lowest BCUT2D eigenvalue weighted by atomic mass is 10.2. The lowest BCUT2D eigenvalue weighted by Crippen LogP contribution is -2.13. The van der Waals surface area contributed by atoms with E-state index in [0.717, 1.165) is 11.3 Å². The molecule has 3 rings (SSSR count). The Balaban J connectivity index is 1.62. The first kappa shape index (κ1) is 13.7. The molecule has 0 spiro atoms. The molecule has 6 nitrogen and oxygen atoms in total. The van der Waals surface area contributed by atoms with Crippen LogP contribution >= 0.6 is 11.3 Å². The second kappa shape index (κ2) is 6.02. The SMILES string of the molecule is Cc1ccn(-c2ccc(NCC(O)c3ccsc3)nn2)n1. The maximum absolute atomic E-state index is 9.99. The highest BCUT2D eigenvalue weighted by Gasteiger charge is 2.08. The van der Waals surface area contributed by atoms with Crippen LogP contribution in [0.1, 0.15) is 17.4 Å². The van der Waals surface area contributed by atoms with Gasteiger partial charge in [0.25, 0.3) is 0 Å². The number of aryl methyl sites for hydroxylation is 1. The van der Waals surface area contributed by atoms with Crippen molar-refractivity contribution < 1.29 is 5.11 Å². The zero-order chi connectivity index (χ0) is 14.7. The van der Waals surface area contributed by atoms with Crippen molar-refractivity contribution in [3.8, 4) is 5.82 Å². The molecule has 3 heterocycles. The molecule has 0 amide bonds. The molecule has 7 heteroatoms. The van der Waals surface area contributed by atoms with Gasteiger partial charge in [0.1, 0.15) is 5.82 Å². The van der Waals surface area contributed by atoms with Crippen LogP contribution in [0.2, 0.25) is 0 Å². The van der Waals surface area contributed by atoms with Crippen molar-refractivity contribution in [2.75, 3.05) is 11.9 Å². The minimum Gasteiger partial charge on any atom is -0.387 e. The molecule has 0 fully saturated rings. The topological polar surface area (TPSA) is 75.9 Å². The van der Waals surface area contributed by atoms with Crippen molar-refractivity contribution in [3.63, 3.8) is 0 Å². The average molecular weight is 301 g/mol. The molecule has 3 aromatic heterocycles. The first-order valence-electron chi connectivity index (χ1n) is 6.53. The molecule has 21 heavy (non-hydrogen) atoms. The number of nitrogens with zero attached hydrogens (tertiary/aromatic N) is 4. The molecule has 0 radical (unpaired) electrons. The van der Waals surface area contributed by atoms with E-state index in [9.17, 15) is 5.11 Å². The van der Waals surface area contributed by atoms with Gasteiger partial charge >= 0.3 is 0 Å². The summed E-state index contributed by atoms with van der Waals surface area (Å²) in [4.78, 5) is 0. The van der Waals surface area contributed by atoms with Crippen molar-refractivity contribution in [3.05, 3.63) is 52.5 Å². The van der Waals surface area contributed by atoms with Crippen LogP contribution in [0.4, 0.5) is 5.82 Å². The summed E-state index contributed by atoms with van der Waals surface area (Å²) >= 11 is 1.57. The van der Waals surface area contributed by atoms with Crippen LogP contribution < -0.4 is 5.32 Å². The molecular formula is C14H15N5OS. The number of hydrogen-bond acceptors (Lipinski definition) is 6. The average Bonchev–Trinajstić information content (AvgIpc) is 3.17. The minimum atomic E-state index is -0.550. The fourth-order valence-electron chi connectivity index (χ4n) is 1.87. The van der Waals surface area contributed by atoms with Crippen LogP contribution in [0, 0.1) is 6.92 Å². The smallest absolute Gasteiger partial charge is 0.175 e. The van der Waals surface area contributed by atoms with Gasteiger partial charge in [-0.1, -0.05) is 0 Å². The molecule has 0 bridgehead atoms.